The van der Waals surface area contributed by atoms with Crippen LogP contribution in [-0.2, 0) is 0 Å². The topological polar surface area (TPSA) is 198 Å². The quantitative estimate of drug-likeness (QED) is 0.481. The van der Waals surface area contributed by atoms with Crippen LogP contribution >= 0.6 is 0 Å². The van der Waals surface area contributed by atoms with Crippen molar-refractivity contribution in [1.82, 2.24) is 4.98 Å². The second kappa shape index (κ2) is 9.55. The van der Waals surface area contributed by atoms with Crippen molar-refractivity contribution >= 4 is 0 Å². The maximum atomic E-state index is 8.60. The SMILES string of the molecule is [O-][Cl+3]([O-])([O-])O.[O-][Cl+3]([O-])([O-])[O-].c1cc[n+](-c2ccccn2)cc1. The van der Waals surface area contributed by atoms with Crippen LogP contribution in [0.5, 0.6) is 0 Å². The molecule has 22 heavy (non-hydrogen) atoms. The van der Waals surface area contributed by atoms with Gasteiger partial charge in [-0.1, -0.05) is 12.1 Å². The van der Waals surface area contributed by atoms with Crippen LogP contribution in [0.3, 0.4) is 0 Å². The van der Waals surface area contributed by atoms with Gasteiger partial charge in [-0.05, 0) is 23.2 Å². The third-order valence-corrected chi connectivity index (χ3v) is 1.63. The van der Waals surface area contributed by atoms with E-state index in [9.17, 15) is 0 Å². The van der Waals surface area contributed by atoms with Crippen LogP contribution in [0.2, 0.25) is 0 Å². The van der Waals surface area contributed by atoms with Crippen LogP contribution < -0.4 is 37.2 Å². The molecule has 0 spiro atoms. The van der Waals surface area contributed by atoms with E-state index < -0.39 is 20.5 Å². The Balaban J connectivity index is 0.000000372. The number of hydrogen-bond donors (Lipinski definition) is 1. The zero-order valence-electron chi connectivity index (χ0n) is 10.7. The molecule has 0 radical (unpaired) electrons. The van der Waals surface area contributed by atoms with Crippen molar-refractivity contribution in [2.75, 3.05) is 0 Å². The maximum Gasteiger partial charge on any atom is 0.327 e. The van der Waals surface area contributed by atoms with E-state index in [1.807, 2.05) is 53.4 Å². The number of aromatic nitrogens is 2. The van der Waals surface area contributed by atoms with Crippen LogP contribution in [0.4, 0.5) is 0 Å². The predicted octanol–water partition coefficient (Wildman–Crippen LogP) is -7.52. The van der Waals surface area contributed by atoms with E-state index in [4.69, 9.17) is 37.3 Å². The van der Waals surface area contributed by atoms with Crippen molar-refractivity contribution in [2.24, 2.45) is 0 Å². The molecule has 122 valence electrons. The Morgan fingerprint density at radius 1 is 0.818 bits per heavy atom. The van der Waals surface area contributed by atoms with Gasteiger partial charge in [0.15, 0.2) is 0 Å². The van der Waals surface area contributed by atoms with E-state index in [0.29, 0.717) is 0 Å². The molecule has 0 aromatic carbocycles. The molecule has 0 aliphatic heterocycles. The lowest BCUT2D eigenvalue weighted by Crippen LogP contribution is -2.68. The molecule has 0 unspecified atom stereocenters. The maximum absolute atomic E-state index is 8.60. The van der Waals surface area contributed by atoms with E-state index in [0.717, 1.165) is 5.82 Å². The minimum atomic E-state index is -4.94. The molecule has 10 nitrogen and oxygen atoms in total. The fourth-order valence-corrected chi connectivity index (χ4v) is 1.06. The molecule has 0 aliphatic rings. The largest absolute Gasteiger partial charge is 0.327 e. The number of pyridine rings is 2. The van der Waals surface area contributed by atoms with Gasteiger partial charge in [-0.2, -0.15) is 14.0 Å². The van der Waals surface area contributed by atoms with Crippen LogP contribution in [-0.4, -0.2) is 9.64 Å². The van der Waals surface area contributed by atoms with Crippen LogP contribution in [0.15, 0.2) is 55.0 Å². The minimum absolute atomic E-state index is 0.943. The summed E-state index contributed by atoms with van der Waals surface area (Å²) in [5.74, 6) is 0.943. The predicted molar refractivity (Wildman–Crippen MR) is 48.0 cm³/mol. The second-order valence-electron chi connectivity index (χ2n) is 3.24. The Hall–Kier alpha value is -1.44. The van der Waals surface area contributed by atoms with Crippen molar-refractivity contribution in [3.63, 3.8) is 0 Å². The molecule has 2 aromatic rings. The van der Waals surface area contributed by atoms with Gasteiger partial charge in [-0.15, -0.1) is 10.2 Å². The van der Waals surface area contributed by atoms with Crippen LogP contribution in [0.1, 0.15) is 0 Å². The Morgan fingerprint density at radius 2 is 1.27 bits per heavy atom. The van der Waals surface area contributed by atoms with Gasteiger partial charge in [0, 0.05) is 6.07 Å². The molecule has 1 N–H and O–H groups in total. The Bertz CT molecular complexity index is 456. The first-order valence-corrected chi connectivity index (χ1v) is 7.59. The Kier molecular flexibility index (Phi) is 8.93. The minimum Gasteiger partial charge on any atom is -0.222 e. The van der Waals surface area contributed by atoms with Crippen molar-refractivity contribution in [1.29, 1.82) is 0 Å². The van der Waals surface area contributed by atoms with E-state index in [1.165, 1.54) is 0 Å². The molecule has 2 rings (SSSR count). The number of nitrogens with zero attached hydrogens (tertiary/aromatic N) is 2. The van der Waals surface area contributed by atoms with E-state index in [-0.39, 0.29) is 0 Å². The number of rotatable bonds is 1. The molecule has 0 amide bonds. The zero-order chi connectivity index (χ0) is 17.2. The summed E-state index contributed by atoms with van der Waals surface area (Å²) in [5.41, 5.74) is 0. The number of hydrogen-bond acceptors (Lipinski definition) is 9. The average Bonchev–Trinajstić information content (AvgIpc) is 2.37. The third kappa shape index (κ3) is 16.6. The lowest BCUT2D eigenvalue weighted by atomic mass is 10.4. The summed E-state index contributed by atoms with van der Waals surface area (Å²) in [4.78, 5) is 4.21. The molecule has 2 heterocycles. The fraction of sp³-hybridized carbons (Fsp3) is 0. The van der Waals surface area contributed by atoms with Gasteiger partial charge >= 0.3 is 5.82 Å². The third-order valence-electron chi connectivity index (χ3n) is 1.63. The molecule has 0 saturated heterocycles. The average molecular weight is 357 g/mol. The molecule has 2 aromatic heterocycles. The highest BCUT2D eigenvalue weighted by Crippen LogP contribution is 1.91. The summed E-state index contributed by atoms with van der Waals surface area (Å²) in [6.07, 6.45) is 5.74. The first kappa shape index (κ1) is 20.6. The first-order valence-electron chi connectivity index (χ1n) is 5.09. The monoisotopic (exact) mass is 356 g/mol. The van der Waals surface area contributed by atoms with Gasteiger partial charge in [-0.3, -0.25) is 0 Å². The van der Waals surface area contributed by atoms with Gasteiger partial charge in [0.25, 0.3) is 0 Å². The fourth-order valence-electron chi connectivity index (χ4n) is 1.06. The summed E-state index contributed by atoms with van der Waals surface area (Å²) in [5, 5.41) is 0. The highest BCUT2D eigenvalue weighted by molar-refractivity contribution is 5.09. The molecular weight excluding hydrogens is 347 g/mol. The van der Waals surface area contributed by atoms with Gasteiger partial charge in [0.05, 0.1) is 27.3 Å². The summed E-state index contributed by atoms with van der Waals surface area (Å²) < 4.78 is 68.7. The lowest BCUT2D eigenvalue weighted by molar-refractivity contribution is -2.00. The van der Waals surface area contributed by atoms with E-state index >= 15 is 0 Å². The van der Waals surface area contributed by atoms with Crippen molar-refractivity contribution in [2.45, 2.75) is 0 Å². The molecule has 0 aliphatic carbocycles. The van der Waals surface area contributed by atoms with Gasteiger partial charge < -0.3 is 0 Å². The summed E-state index contributed by atoms with van der Waals surface area (Å²) >= 11 is 0. The van der Waals surface area contributed by atoms with Gasteiger partial charge in [0.1, 0.15) is 6.20 Å². The molecular formula is C10H10Cl2N2O8. The van der Waals surface area contributed by atoms with Crippen LogP contribution in [0.25, 0.3) is 5.82 Å². The molecule has 0 fully saturated rings. The van der Waals surface area contributed by atoms with Crippen molar-refractivity contribution in [3.05, 3.63) is 55.0 Å². The standard InChI is InChI=1S/C10H9N2.2ClHO4/c1-4-8-12(9-5-1)10-6-2-3-7-11-10;2*2-1(3,4)5/h1-9H;2*(H,2,3,4,5)/q+1;;/p-1. The number of halogens is 2. The smallest absolute Gasteiger partial charge is 0.222 e. The molecule has 12 heteroatoms. The second-order valence-corrected chi connectivity index (χ2v) is 4.79. The normalized spacial score (nSPS) is 10.7. The van der Waals surface area contributed by atoms with E-state index in [1.54, 1.807) is 6.20 Å². The Morgan fingerprint density at radius 3 is 1.64 bits per heavy atom. The summed E-state index contributed by atoms with van der Waals surface area (Å²) in [6, 6.07) is 11.8. The highest BCUT2D eigenvalue weighted by atomic mass is 35.7. The van der Waals surface area contributed by atoms with E-state index in [2.05, 4.69) is 4.98 Å². The van der Waals surface area contributed by atoms with Gasteiger partial charge in [0.2, 0.25) is 0 Å². The first-order chi connectivity index (χ1) is 9.97. The lowest BCUT2D eigenvalue weighted by Gasteiger charge is -2.17. The van der Waals surface area contributed by atoms with Crippen molar-refractivity contribution in [3.8, 4) is 5.82 Å². The van der Waals surface area contributed by atoms with Gasteiger partial charge in [-0.25, -0.2) is 23.2 Å². The molecule has 0 saturated carbocycles. The molecule has 0 atom stereocenters. The van der Waals surface area contributed by atoms with Crippen LogP contribution in [0, 0.1) is 20.5 Å². The summed E-state index contributed by atoms with van der Waals surface area (Å²) in [6.45, 7) is 0. The summed E-state index contributed by atoms with van der Waals surface area (Å²) in [7, 11) is -9.64. The molecule has 0 bridgehead atoms. The highest BCUT2D eigenvalue weighted by Gasteiger charge is 2.01. The Labute approximate surface area is 128 Å². The zero-order valence-corrected chi connectivity index (χ0v) is 12.2. The van der Waals surface area contributed by atoms with Crippen molar-refractivity contribution < 1.29 is 62.3 Å².